The molecule has 2 N–H and O–H groups in total. The molecule has 0 spiro atoms. The van der Waals surface area contributed by atoms with Crippen LogP contribution in [0.4, 0.5) is 5.82 Å². The van der Waals surface area contributed by atoms with Crippen LogP contribution in [0.1, 0.15) is 87.6 Å². The monoisotopic (exact) mass is 677 g/mol. The summed E-state index contributed by atoms with van der Waals surface area (Å²) in [6.07, 6.45) is 16.4. The summed E-state index contributed by atoms with van der Waals surface area (Å²) in [4.78, 5) is 3.04. The van der Waals surface area contributed by atoms with Crippen LogP contribution >= 0.6 is 11.3 Å². The number of nitrogens with one attached hydrogen (secondary N) is 1. The fourth-order valence-electron chi connectivity index (χ4n) is 12.6. The largest absolute Gasteiger partial charge is 0.497 e. The van der Waals surface area contributed by atoms with Crippen LogP contribution in [-0.2, 0) is 6.61 Å². The van der Waals surface area contributed by atoms with Gasteiger partial charge in [0, 0.05) is 35.1 Å². The first-order chi connectivity index (χ1) is 24.1. The summed E-state index contributed by atoms with van der Waals surface area (Å²) in [5, 5.41) is 26.7. The normalized spacial score (nSPS) is 35.0. The number of hydrogen-bond acceptors (Lipinski definition) is 7. The summed E-state index contributed by atoms with van der Waals surface area (Å²) < 4.78 is 8.34. The van der Waals surface area contributed by atoms with Crippen LogP contribution in [0.5, 0.6) is 5.75 Å². The molecule has 0 amide bonds. The molecular formula is C41H51N5O2S. The third kappa shape index (κ3) is 4.72. The molecule has 7 nitrogen and oxygen atoms in total. The van der Waals surface area contributed by atoms with Gasteiger partial charge < -0.3 is 20.1 Å². The van der Waals surface area contributed by atoms with E-state index in [-0.39, 0.29) is 6.61 Å². The molecule has 6 fully saturated rings. The maximum atomic E-state index is 10.2. The van der Waals surface area contributed by atoms with E-state index < -0.39 is 0 Å². The molecule has 0 radical (unpaired) electrons. The van der Waals surface area contributed by atoms with Crippen molar-refractivity contribution >= 4 is 28.1 Å². The van der Waals surface area contributed by atoms with Crippen molar-refractivity contribution in [3.05, 3.63) is 53.0 Å². The van der Waals surface area contributed by atoms with Gasteiger partial charge in [0.1, 0.15) is 16.6 Å². The number of piperazine rings is 1. The molecule has 49 heavy (non-hydrogen) atoms. The Bertz CT molecular complexity index is 1850. The van der Waals surface area contributed by atoms with Crippen molar-refractivity contribution in [1.82, 2.24) is 20.1 Å². The van der Waals surface area contributed by atoms with Crippen molar-refractivity contribution < 1.29 is 9.84 Å². The van der Waals surface area contributed by atoms with Crippen molar-refractivity contribution in [3.8, 4) is 22.0 Å². The van der Waals surface area contributed by atoms with Gasteiger partial charge in [0.15, 0.2) is 0 Å². The number of aromatic nitrogens is 3. The van der Waals surface area contributed by atoms with Gasteiger partial charge in [0.2, 0.25) is 5.13 Å². The highest BCUT2D eigenvalue weighted by atomic mass is 32.1. The van der Waals surface area contributed by atoms with Crippen molar-refractivity contribution in [1.29, 1.82) is 0 Å². The number of fused-ring (bicyclic) bond motifs is 5. The Morgan fingerprint density at radius 3 is 2.37 bits per heavy atom. The molecule has 1 aliphatic heterocycles. The lowest BCUT2D eigenvalue weighted by molar-refractivity contribution is -0.111. The molecule has 2 aromatic heterocycles. The van der Waals surface area contributed by atoms with Crippen LogP contribution in [0.2, 0.25) is 0 Å². The van der Waals surface area contributed by atoms with Gasteiger partial charge in [-0.25, -0.2) is 0 Å². The summed E-state index contributed by atoms with van der Waals surface area (Å²) in [6.45, 7) is 2.09. The summed E-state index contributed by atoms with van der Waals surface area (Å²) in [7, 11) is 1.77. The summed E-state index contributed by atoms with van der Waals surface area (Å²) in [5.41, 5.74) is 4.95. The number of ether oxygens (including phenoxy) is 1. The van der Waals surface area contributed by atoms with E-state index in [1.807, 2.05) is 0 Å². The van der Waals surface area contributed by atoms with E-state index in [1.54, 1.807) is 7.11 Å². The molecule has 1 saturated heterocycles. The van der Waals surface area contributed by atoms with Crippen molar-refractivity contribution in [2.24, 2.45) is 35.5 Å². The third-order valence-electron chi connectivity index (χ3n) is 14.3. The molecule has 5 saturated carbocycles. The summed E-state index contributed by atoms with van der Waals surface area (Å²) in [5.74, 6) is 7.22. The fourth-order valence-corrected chi connectivity index (χ4v) is 13.3. The number of benzene rings is 2. The van der Waals surface area contributed by atoms with E-state index in [4.69, 9.17) is 9.84 Å². The zero-order valence-corrected chi connectivity index (χ0v) is 29.9. The number of rotatable bonds is 5. The highest BCUT2D eigenvalue weighted by Crippen LogP contribution is 2.62. The highest BCUT2D eigenvalue weighted by molar-refractivity contribution is 7.13. The molecule has 8 heteroatoms. The van der Waals surface area contributed by atoms with Gasteiger partial charge >= 0.3 is 0 Å². The number of nitrogens with zero attached hydrogens (tertiary/aromatic N) is 4. The van der Waals surface area contributed by atoms with Gasteiger partial charge in [0.25, 0.3) is 0 Å². The minimum Gasteiger partial charge on any atom is -0.497 e. The second-order valence-electron chi connectivity index (χ2n) is 16.4. The van der Waals surface area contributed by atoms with E-state index in [0.29, 0.717) is 35.1 Å². The standard InChI is InChI=1S/C41H51N5O2S/c1-23-13-15-26(16-14-23)37-30-21-27(48-2)19-20-32(30)46(41-44-43-34(22-47)49-41)40(37)45-33-12-4-3-11-31(33)42-38-28-9-5-7-24-17-18-25-8-6-10-29(39(38)45)36(25)35(24)28/h13-16,19-21,24-25,28-29,31,33,35-36,38-39,42,47H,3-12,17-18,22H2,1-2H3. The Hall–Kier alpha value is -2.94. The number of aryl methyl sites for hydroxylation is 1. The third-order valence-corrected chi connectivity index (χ3v) is 15.1. The van der Waals surface area contributed by atoms with Gasteiger partial charge in [0.05, 0.1) is 19.2 Å². The fraction of sp³-hybridized carbons (Fsp3) is 0.610. The smallest absolute Gasteiger partial charge is 0.218 e. The minimum atomic E-state index is -0.0940. The number of aliphatic hydroxyl groups excluding tert-OH is 1. The lowest BCUT2D eigenvalue weighted by Gasteiger charge is -2.67. The number of anilines is 1. The summed E-state index contributed by atoms with van der Waals surface area (Å²) in [6, 6.07) is 17.6. The zero-order chi connectivity index (χ0) is 32.8. The topological polar surface area (TPSA) is 75.4 Å². The SMILES string of the molecule is COc1ccc2c(c1)c(-c1ccc(C)cc1)c(N1C3CCCCC3NC3C4CCCC5CCC6CCCC(C6C54)C31)n2-c1nnc(CO)s1. The second kappa shape index (κ2) is 12.1. The Morgan fingerprint density at radius 2 is 1.61 bits per heavy atom. The molecule has 6 aliphatic rings. The first kappa shape index (κ1) is 30.8. The lowest BCUT2D eigenvalue weighted by atomic mass is 9.45. The van der Waals surface area contributed by atoms with Gasteiger partial charge in [-0.2, -0.15) is 0 Å². The average Bonchev–Trinajstić information content (AvgIpc) is 3.76. The van der Waals surface area contributed by atoms with E-state index in [0.717, 1.165) is 46.0 Å². The second-order valence-corrected chi connectivity index (χ2v) is 17.5. The van der Waals surface area contributed by atoms with E-state index in [9.17, 15) is 5.11 Å². The van der Waals surface area contributed by atoms with Crippen LogP contribution in [0, 0.1) is 42.4 Å². The minimum absolute atomic E-state index is 0.0940. The van der Waals surface area contributed by atoms with Crippen LogP contribution in [0.3, 0.4) is 0 Å². The van der Waals surface area contributed by atoms with E-state index >= 15 is 0 Å². The predicted octanol–water partition coefficient (Wildman–Crippen LogP) is 8.29. The van der Waals surface area contributed by atoms with E-state index in [1.165, 1.54) is 116 Å². The van der Waals surface area contributed by atoms with Crippen LogP contribution in [-0.4, -0.2) is 51.1 Å². The van der Waals surface area contributed by atoms with Crippen LogP contribution in [0.25, 0.3) is 27.2 Å². The molecule has 2 aromatic carbocycles. The Balaban J connectivity index is 1.27. The quantitative estimate of drug-likeness (QED) is 0.222. The van der Waals surface area contributed by atoms with Crippen molar-refractivity contribution in [2.45, 2.75) is 115 Å². The van der Waals surface area contributed by atoms with Gasteiger partial charge in [-0.15, -0.1) is 10.2 Å². The Labute approximate surface area is 294 Å². The molecule has 10 rings (SSSR count). The Morgan fingerprint density at radius 1 is 0.857 bits per heavy atom. The van der Waals surface area contributed by atoms with Crippen molar-refractivity contribution in [2.75, 3.05) is 12.0 Å². The van der Waals surface area contributed by atoms with Gasteiger partial charge in [-0.05, 0) is 105 Å². The first-order valence-electron chi connectivity index (χ1n) is 19.4. The predicted molar refractivity (Wildman–Crippen MR) is 197 cm³/mol. The molecule has 4 aromatic rings. The molecule has 10 atom stereocenters. The number of hydrogen-bond donors (Lipinski definition) is 2. The van der Waals surface area contributed by atoms with Crippen LogP contribution < -0.4 is 15.0 Å². The molecule has 10 unspecified atom stereocenters. The maximum Gasteiger partial charge on any atom is 0.218 e. The van der Waals surface area contributed by atoms with Crippen LogP contribution in [0.15, 0.2) is 42.5 Å². The number of aliphatic hydroxyl groups is 1. The molecular weight excluding hydrogens is 627 g/mol. The summed E-state index contributed by atoms with van der Waals surface area (Å²) >= 11 is 1.53. The van der Waals surface area contributed by atoms with Crippen molar-refractivity contribution in [3.63, 3.8) is 0 Å². The first-order valence-corrected chi connectivity index (χ1v) is 20.2. The molecule has 258 valence electrons. The molecule has 0 bridgehead atoms. The molecule has 5 aliphatic carbocycles. The zero-order valence-electron chi connectivity index (χ0n) is 29.1. The van der Waals surface area contributed by atoms with E-state index in [2.05, 4.69) is 69.3 Å². The highest BCUT2D eigenvalue weighted by Gasteiger charge is 2.62. The van der Waals surface area contributed by atoms with Gasteiger partial charge in [-0.3, -0.25) is 4.57 Å². The average molecular weight is 678 g/mol. The molecule has 3 heterocycles. The lowest BCUT2D eigenvalue weighted by Crippen LogP contribution is -2.76. The number of methoxy groups -OCH3 is 1. The Kier molecular flexibility index (Phi) is 7.61. The van der Waals surface area contributed by atoms with Gasteiger partial charge in [-0.1, -0.05) is 79.7 Å². The maximum absolute atomic E-state index is 10.2.